The van der Waals surface area contributed by atoms with E-state index in [1.165, 1.54) is 38.5 Å². The molecule has 0 saturated carbocycles. The van der Waals surface area contributed by atoms with Crippen molar-refractivity contribution in [3.63, 3.8) is 0 Å². The van der Waals surface area contributed by atoms with Gasteiger partial charge in [0.15, 0.2) is 11.5 Å². The highest BCUT2D eigenvalue weighted by molar-refractivity contribution is 7.92. The van der Waals surface area contributed by atoms with Gasteiger partial charge in [-0.2, -0.15) is 13.2 Å². The molecule has 0 aliphatic carbocycles. The quantitative estimate of drug-likeness (QED) is 0.206. The second-order valence-electron chi connectivity index (χ2n) is 9.78. The normalized spacial score (nSPS) is 12.1. The van der Waals surface area contributed by atoms with Gasteiger partial charge < -0.3 is 20.1 Å². The largest absolute Gasteiger partial charge is 0.493 e. The van der Waals surface area contributed by atoms with Crippen LogP contribution in [0.3, 0.4) is 0 Å². The summed E-state index contributed by atoms with van der Waals surface area (Å²) in [4.78, 5) is 26.2. The van der Waals surface area contributed by atoms with Gasteiger partial charge in [0, 0.05) is 6.07 Å². The highest BCUT2D eigenvalue weighted by Gasteiger charge is 2.34. The minimum absolute atomic E-state index is 0.0525. The van der Waals surface area contributed by atoms with Gasteiger partial charge in [0.25, 0.3) is 15.9 Å². The summed E-state index contributed by atoms with van der Waals surface area (Å²) in [5, 5.41) is 5.39. The fourth-order valence-electron chi connectivity index (χ4n) is 4.47. The van der Waals surface area contributed by atoms with E-state index in [4.69, 9.17) is 9.47 Å². The summed E-state index contributed by atoms with van der Waals surface area (Å²) in [7, 11) is -2.00. The molecule has 45 heavy (non-hydrogen) atoms. The average Bonchev–Trinajstić information content (AvgIpc) is 3.03. The first-order valence-corrected chi connectivity index (χ1v) is 15.0. The Labute approximate surface area is 258 Å². The van der Waals surface area contributed by atoms with Gasteiger partial charge in [0.1, 0.15) is 6.54 Å². The van der Waals surface area contributed by atoms with Crippen LogP contribution in [-0.4, -0.2) is 41.0 Å². The summed E-state index contributed by atoms with van der Waals surface area (Å²) in [6, 6.07) is 22.2. The van der Waals surface area contributed by atoms with E-state index in [1.54, 1.807) is 19.1 Å². The van der Waals surface area contributed by atoms with Crippen molar-refractivity contribution in [3.8, 4) is 11.5 Å². The smallest absolute Gasteiger partial charge is 0.416 e. The molecule has 0 radical (unpaired) electrons. The van der Waals surface area contributed by atoms with E-state index >= 15 is 0 Å². The number of nitrogens with zero attached hydrogens (tertiary/aromatic N) is 1. The zero-order valence-corrected chi connectivity index (χ0v) is 25.3. The molecule has 0 saturated heterocycles. The van der Waals surface area contributed by atoms with Gasteiger partial charge in [-0.15, -0.1) is 0 Å². The lowest BCUT2D eigenvalue weighted by Gasteiger charge is -2.25. The number of para-hydroxylation sites is 1. The van der Waals surface area contributed by atoms with Gasteiger partial charge in [-0.1, -0.05) is 48.5 Å². The number of ether oxygens (including phenoxy) is 2. The molecular weight excluding hydrogens is 611 g/mol. The van der Waals surface area contributed by atoms with Crippen LogP contribution in [0.15, 0.2) is 102 Å². The molecule has 0 aliphatic rings. The third-order valence-corrected chi connectivity index (χ3v) is 8.55. The van der Waals surface area contributed by atoms with Crippen LogP contribution in [-0.2, 0) is 21.0 Å². The number of hydrogen-bond acceptors (Lipinski definition) is 6. The van der Waals surface area contributed by atoms with Crippen LogP contribution in [0.4, 0.5) is 24.5 Å². The number of halogens is 3. The Hall–Kier alpha value is -5.04. The Kier molecular flexibility index (Phi) is 10.0. The molecule has 0 bridgehead atoms. The van der Waals surface area contributed by atoms with E-state index in [1.807, 2.05) is 30.3 Å². The van der Waals surface area contributed by atoms with Crippen LogP contribution in [0.1, 0.15) is 34.5 Å². The van der Waals surface area contributed by atoms with Gasteiger partial charge in [-0.25, -0.2) is 8.42 Å². The number of rotatable bonds is 11. The lowest BCUT2D eigenvalue weighted by molar-refractivity contribution is -0.137. The highest BCUT2D eigenvalue weighted by Crippen LogP contribution is 2.35. The Morgan fingerprint density at radius 2 is 1.51 bits per heavy atom. The van der Waals surface area contributed by atoms with Crippen LogP contribution in [0.5, 0.6) is 11.5 Å². The van der Waals surface area contributed by atoms with Gasteiger partial charge in [-0.3, -0.25) is 13.9 Å². The van der Waals surface area contributed by atoms with E-state index in [9.17, 15) is 31.2 Å². The zero-order chi connectivity index (χ0) is 32.8. The van der Waals surface area contributed by atoms with Crippen LogP contribution in [0, 0.1) is 0 Å². The third-order valence-electron chi connectivity index (χ3n) is 6.78. The Morgan fingerprint density at radius 1 is 0.844 bits per heavy atom. The number of alkyl halides is 3. The third kappa shape index (κ3) is 7.73. The number of hydrogen-bond donors (Lipinski definition) is 2. The first-order valence-electron chi connectivity index (χ1n) is 13.5. The number of amides is 2. The molecule has 0 aliphatic heterocycles. The van der Waals surface area contributed by atoms with Crippen molar-refractivity contribution in [1.82, 2.24) is 5.32 Å². The average molecular weight is 642 g/mol. The summed E-state index contributed by atoms with van der Waals surface area (Å²) in [6.45, 7) is 0.870. The van der Waals surface area contributed by atoms with Crippen molar-refractivity contribution in [3.05, 3.63) is 114 Å². The SMILES string of the molecule is COc1ccc(S(=O)(=O)N(CC(=O)Nc2ccccc2C(=O)NC(C)c2ccccc2)c2cccc(C(F)(F)F)c2)cc1OC. The van der Waals surface area contributed by atoms with Crippen molar-refractivity contribution in [2.75, 3.05) is 30.4 Å². The number of nitrogens with one attached hydrogen (secondary N) is 2. The summed E-state index contributed by atoms with van der Waals surface area (Å²) >= 11 is 0. The fraction of sp³-hybridized carbons (Fsp3) is 0.188. The monoisotopic (exact) mass is 641 g/mol. The second kappa shape index (κ2) is 13.7. The molecular formula is C32H30F3N3O6S. The van der Waals surface area contributed by atoms with Gasteiger partial charge >= 0.3 is 6.18 Å². The molecule has 2 amide bonds. The molecule has 4 rings (SSSR count). The lowest BCUT2D eigenvalue weighted by atomic mass is 10.1. The van der Waals surface area contributed by atoms with E-state index in [2.05, 4.69) is 10.6 Å². The molecule has 0 heterocycles. The zero-order valence-electron chi connectivity index (χ0n) is 24.5. The lowest BCUT2D eigenvalue weighted by Crippen LogP contribution is -2.38. The molecule has 2 N–H and O–H groups in total. The standard InChI is InChI=1S/C32H30F3N3O6S/c1-21(22-10-5-4-6-11-22)36-31(40)26-14-7-8-15-27(26)37-30(39)20-38(24-13-9-12-23(18-24)32(33,34)35)45(41,42)25-16-17-28(43-2)29(19-25)44-3/h4-19,21H,20H2,1-3H3,(H,36,40)(H,37,39). The molecule has 9 nitrogen and oxygen atoms in total. The number of carbonyl (C=O) groups is 2. The highest BCUT2D eigenvalue weighted by atomic mass is 32.2. The molecule has 236 valence electrons. The van der Waals surface area contributed by atoms with Crippen LogP contribution < -0.4 is 24.4 Å². The molecule has 0 spiro atoms. The van der Waals surface area contributed by atoms with Crippen LogP contribution in [0.25, 0.3) is 0 Å². The maximum absolute atomic E-state index is 13.9. The Balaban J connectivity index is 1.67. The van der Waals surface area contributed by atoms with E-state index in [-0.39, 0.29) is 33.7 Å². The maximum Gasteiger partial charge on any atom is 0.416 e. The number of benzene rings is 4. The summed E-state index contributed by atoms with van der Waals surface area (Å²) < 4.78 is 79.4. The summed E-state index contributed by atoms with van der Waals surface area (Å²) in [6.07, 6.45) is -4.78. The number of carbonyl (C=O) groups excluding carboxylic acids is 2. The van der Waals surface area contributed by atoms with Crippen molar-refractivity contribution in [2.45, 2.75) is 24.0 Å². The fourth-order valence-corrected chi connectivity index (χ4v) is 5.90. The number of anilines is 2. The minimum Gasteiger partial charge on any atom is -0.493 e. The topological polar surface area (TPSA) is 114 Å². The van der Waals surface area contributed by atoms with E-state index < -0.39 is 45.8 Å². The minimum atomic E-state index is -4.78. The number of sulfonamides is 1. The Morgan fingerprint density at radius 3 is 2.18 bits per heavy atom. The van der Waals surface area contributed by atoms with Crippen LogP contribution in [0.2, 0.25) is 0 Å². The van der Waals surface area contributed by atoms with E-state index in [0.29, 0.717) is 10.4 Å². The van der Waals surface area contributed by atoms with Crippen molar-refractivity contribution < 1.29 is 40.7 Å². The molecule has 0 fully saturated rings. The maximum atomic E-state index is 13.9. The van der Waals surface area contributed by atoms with Crippen LogP contribution >= 0.6 is 0 Å². The van der Waals surface area contributed by atoms with Gasteiger partial charge in [-0.05, 0) is 55.0 Å². The summed E-state index contributed by atoms with van der Waals surface area (Å²) in [5.74, 6) is -1.14. The van der Waals surface area contributed by atoms with Crippen molar-refractivity contribution in [1.29, 1.82) is 0 Å². The van der Waals surface area contributed by atoms with Gasteiger partial charge in [0.2, 0.25) is 5.91 Å². The van der Waals surface area contributed by atoms with E-state index in [0.717, 1.165) is 29.8 Å². The molecule has 0 aromatic heterocycles. The molecule has 1 atom stereocenters. The predicted molar refractivity (Wildman–Crippen MR) is 163 cm³/mol. The predicted octanol–water partition coefficient (Wildman–Crippen LogP) is 6.05. The Bertz CT molecular complexity index is 1780. The molecule has 4 aromatic rings. The molecule has 4 aromatic carbocycles. The second-order valence-corrected chi connectivity index (χ2v) is 11.6. The van der Waals surface area contributed by atoms with Gasteiger partial charge in [0.05, 0.1) is 47.7 Å². The van der Waals surface area contributed by atoms with Crippen molar-refractivity contribution >= 4 is 33.2 Å². The molecule has 13 heteroatoms. The first kappa shape index (κ1) is 32.9. The molecule has 1 unspecified atom stereocenters. The van der Waals surface area contributed by atoms with Crippen molar-refractivity contribution in [2.24, 2.45) is 0 Å². The summed E-state index contributed by atoms with van der Waals surface area (Å²) in [5.41, 5.74) is -0.487. The number of methoxy groups -OCH3 is 2. The first-order chi connectivity index (χ1) is 21.3.